The summed E-state index contributed by atoms with van der Waals surface area (Å²) in [6, 6.07) is 14.0. The largest absolute Gasteiger partial charge is 0.379 e. The summed E-state index contributed by atoms with van der Waals surface area (Å²) in [6.07, 6.45) is 2.18. The predicted molar refractivity (Wildman–Crippen MR) is 117 cm³/mol. The third kappa shape index (κ3) is 6.23. The van der Waals surface area contributed by atoms with Gasteiger partial charge in [0.1, 0.15) is 5.82 Å². The van der Waals surface area contributed by atoms with E-state index in [2.05, 4.69) is 10.4 Å². The number of halogens is 1. The van der Waals surface area contributed by atoms with E-state index in [1.54, 1.807) is 23.0 Å². The Labute approximate surface area is 182 Å². The van der Waals surface area contributed by atoms with Gasteiger partial charge in [-0.1, -0.05) is 31.2 Å². The van der Waals surface area contributed by atoms with E-state index in [-0.39, 0.29) is 11.7 Å². The lowest BCUT2D eigenvalue weighted by Crippen LogP contribution is -2.23. The molecule has 0 fully saturated rings. The summed E-state index contributed by atoms with van der Waals surface area (Å²) in [5.41, 5.74) is 4.04. The van der Waals surface area contributed by atoms with E-state index in [4.69, 9.17) is 9.47 Å². The van der Waals surface area contributed by atoms with Crippen molar-refractivity contribution in [1.82, 2.24) is 15.1 Å². The highest BCUT2D eigenvalue weighted by molar-refractivity contribution is 5.95. The molecule has 0 aliphatic heterocycles. The molecular weight excluding hydrogens is 397 g/mol. The molecule has 0 aliphatic carbocycles. The van der Waals surface area contributed by atoms with Crippen molar-refractivity contribution in [3.8, 4) is 5.69 Å². The molecule has 31 heavy (non-hydrogen) atoms. The second-order valence-corrected chi connectivity index (χ2v) is 7.00. The summed E-state index contributed by atoms with van der Waals surface area (Å²) < 4.78 is 25.8. The Morgan fingerprint density at radius 3 is 2.55 bits per heavy atom. The predicted octanol–water partition coefficient (Wildman–Crippen LogP) is 4.06. The molecule has 1 heterocycles. The van der Waals surface area contributed by atoms with Crippen molar-refractivity contribution in [2.24, 2.45) is 0 Å². The van der Waals surface area contributed by atoms with Crippen LogP contribution in [0.1, 0.15) is 41.0 Å². The molecule has 3 aromatic rings. The fourth-order valence-electron chi connectivity index (χ4n) is 3.27. The fourth-order valence-corrected chi connectivity index (χ4v) is 3.27. The van der Waals surface area contributed by atoms with Crippen LogP contribution >= 0.6 is 0 Å². The van der Waals surface area contributed by atoms with Gasteiger partial charge in [0.15, 0.2) is 0 Å². The van der Waals surface area contributed by atoms with Crippen LogP contribution in [0, 0.1) is 5.82 Å². The maximum atomic E-state index is 13.2. The molecule has 0 saturated heterocycles. The van der Waals surface area contributed by atoms with Crippen molar-refractivity contribution in [2.45, 2.75) is 33.4 Å². The molecule has 1 amide bonds. The smallest absolute Gasteiger partial charge is 0.255 e. The molecule has 1 aromatic heterocycles. The fraction of sp³-hybridized carbons (Fsp3) is 0.333. The lowest BCUT2D eigenvalue weighted by Gasteiger charge is -2.10. The highest BCUT2D eigenvalue weighted by Gasteiger charge is 2.17. The van der Waals surface area contributed by atoms with Crippen molar-refractivity contribution >= 4 is 5.91 Å². The minimum Gasteiger partial charge on any atom is -0.379 e. The first-order valence-corrected chi connectivity index (χ1v) is 10.5. The highest BCUT2D eigenvalue weighted by atomic mass is 19.1. The molecule has 0 radical (unpaired) electrons. The highest BCUT2D eigenvalue weighted by Crippen LogP contribution is 2.17. The zero-order valence-corrected chi connectivity index (χ0v) is 17.9. The van der Waals surface area contributed by atoms with Crippen molar-refractivity contribution in [3.05, 3.63) is 82.9 Å². The van der Waals surface area contributed by atoms with Gasteiger partial charge in [-0.15, -0.1) is 0 Å². The molecule has 3 rings (SSSR count). The number of hydrogen-bond donors (Lipinski definition) is 1. The average molecular weight is 426 g/mol. The Balaban J connectivity index is 1.61. The Bertz CT molecular complexity index is 986. The van der Waals surface area contributed by atoms with Crippen molar-refractivity contribution in [3.63, 3.8) is 0 Å². The standard InChI is InChI=1S/C24H28FN3O3/c1-3-23-22(16-27-28(23)21-10-8-20(25)9-11-21)24(29)26-15-18-6-5-7-19(14-18)17-31-13-12-30-4-2/h5-11,14,16H,3-4,12-13,15,17H2,1-2H3,(H,26,29). The van der Waals surface area contributed by atoms with E-state index in [0.29, 0.717) is 50.6 Å². The monoisotopic (exact) mass is 425 g/mol. The lowest BCUT2D eigenvalue weighted by atomic mass is 10.1. The maximum Gasteiger partial charge on any atom is 0.255 e. The third-order valence-electron chi connectivity index (χ3n) is 4.81. The van der Waals surface area contributed by atoms with Crippen molar-refractivity contribution in [2.75, 3.05) is 19.8 Å². The molecule has 0 aliphatic rings. The average Bonchev–Trinajstić information content (AvgIpc) is 3.22. The molecule has 0 bridgehead atoms. The van der Waals surface area contributed by atoms with Crippen molar-refractivity contribution < 1.29 is 18.7 Å². The van der Waals surface area contributed by atoms with Gasteiger partial charge in [0.25, 0.3) is 5.91 Å². The number of amides is 1. The van der Waals surface area contributed by atoms with Gasteiger partial charge in [0.2, 0.25) is 0 Å². The summed E-state index contributed by atoms with van der Waals surface area (Å²) in [5, 5.41) is 7.30. The molecule has 0 unspecified atom stereocenters. The van der Waals surface area contributed by atoms with Crippen LogP contribution < -0.4 is 5.32 Å². The Morgan fingerprint density at radius 2 is 1.81 bits per heavy atom. The van der Waals surface area contributed by atoms with E-state index in [1.165, 1.54) is 12.1 Å². The van der Waals surface area contributed by atoms with Crippen LogP contribution in [-0.4, -0.2) is 35.5 Å². The SMILES string of the molecule is CCOCCOCc1cccc(CNC(=O)c2cnn(-c3ccc(F)cc3)c2CC)c1. The van der Waals surface area contributed by atoms with Gasteiger partial charge in [0.05, 0.1) is 43.0 Å². The van der Waals surface area contributed by atoms with Gasteiger partial charge in [0, 0.05) is 13.2 Å². The summed E-state index contributed by atoms with van der Waals surface area (Å²) in [6.45, 7) is 6.62. The van der Waals surface area contributed by atoms with Gasteiger partial charge < -0.3 is 14.8 Å². The van der Waals surface area contributed by atoms with Crippen LogP contribution in [0.2, 0.25) is 0 Å². The van der Waals surface area contributed by atoms with Crippen LogP contribution in [-0.2, 0) is 29.0 Å². The number of carbonyl (C=O) groups excluding carboxylic acids is 1. The second-order valence-electron chi connectivity index (χ2n) is 7.00. The molecule has 0 spiro atoms. The second kappa shape index (κ2) is 11.4. The zero-order valence-electron chi connectivity index (χ0n) is 17.9. The molecule has 164 valence electrons. The maximum absolute atomic E-state index is 13.2. The topological polar surface area (TPSA) is 65.4 Å². The molecule has 6 nitrogen and oxygen atoms in total. The third-order valence-corrected chi connectivity index (χ3v) is 4.81. The molecular formula is C24H28FN3O3. The van der Waals surface area contributed by atoms with Gasteiger partial charge in [-0.05, 0) is 48.7 Å². The first-order valence-electron chi connectivity index (χ1n) is 10.5. The summed E-state index contributed by atoms with van der Waals surface area (Å²) in [4.78, 5) is 12.8. The number of ether oxygens (including phenoxy) is 2. The molecule has 1 N–H and O–H groups in total. The number of rotatable bonds is 11. The van der Waals surface area contributed by atoms with Crippen LogP contribution in [0.4, 0.5) is 4.39 Å². The normalized spacial score (nSPS) is 10.9. The number of nitrogens with one attached hydrogen (secondary N) is 1. The van der Waals surface area contributed by atoms with E-state index in [1.807, 2.05) is 38.1 Å². The van der Waals surface area contributed by atoms with Crippen LogP contribution in [0.5, 0.6) is 0 Å². The van der Waals surface area contributed by atoms with E-state index in [0.717, 1.165) is 16.8 Å². The van der Waals surface area contributed by atoms with Crippen LogP contribution in [0.25, 0.3) is 5.69 Å². The Kier molecular flexibility index (Phi) is 8.32. The van der Waals surface area contributed by atoms with Gasteiger partial charge in [-0.25, -0.2) is 9.07 Å². The first-order chi connectivity index (χ1) is 15.1. The number of hydrogen-bond acceptors (Lipinski definition) is 4. The minimum absolute atomic E-state index is 0.191. The number of aromatic nitrogens is 2. The van der Waals surface area contributed by atoms with Gasteiger partial charge in [-0.3, -0.25) is 4.79 Å². The Morgan fingerprint density at radius 1 is 1.06 bits per heavy atom. The first kappa shape index (κ1) is 22.7. The molecule has 0 saturated carbocycles. The van der Waals surface area contributed by atoms with Gasteiger partial charge >= 0.3 is 0 Å². The summed E-state index contributed by atoms with van der Waals surface area (Å²) >= 11 is 0. The quantitative estimate of drug-likeness (QED) is 0.471. The van der Waals surface area contributed by atoms with E-state index < -0.39 is 0 Å². The minimum atomic E-state index is -0.311. The van der Waals surface area contributed by atoms with Crippen LogP contribution in [0.15, 0.2) is 54.7 Å². The molecule has 2 aromatic carbocycles. The Hall–Kier alpha value is -3.03. The zero-order chi connectivity index (χ0) is 22.1. The van der Waals surface area contributed by atoms with Crippen molar-refractivity contribution in [1.29, 1.82) is 0 Å². The lowest BCUT2D eigenvalue weighted by molar-refractivity contribution is 0.0453. The van der Waals surface area contributed by atoms with E-state index >= 15 is 0 Å². The number of nitrogens with zero attached hydrogens (tertiary/aromatic N) is 2. The molecule has 0 atom stereocenters. The van der Waals surface area contributed by atoms with E-state index in [9.17, 15) is 9.18 Å². The molecule has 7 heteroatoms. The summed E-state index contributed by atoms with van der Waals surface area (Å²) in [5.74, 6) is -0.502. The number of benzene rings is 2. The van der Waals surface area contributed by atoms with Crippen LogP contribution in [0.3, 0.4) is 0 Å². The summed E-state index contributed by atoms with van der Waals surface area (Å²) in [7, 11) is 0. The van der Waals surface area contributed by atoms with Gasteiger partial charge in [-0.2, -0.15) is 5.10 Å². The number of carbonyl (C=O) groups is 1.